The van der Waals surface area contributed by atoms with Gasteiger partial charge in [0, 0.05) is 6.61 Å². The van der Waals surface area contributed by atoms with Crippen LogP contribution in [-0.4, -0.2) is 78.8 Å². The van der Waals surface area contributed by atoms with Crippen molar-refractivity contribution in [2.45, 2.75) is 25.9 Å². The van der Waals surface area contributed by atoms with E-state index in [9.17, 15) is 0 Å². The number of unbranched alkanes of at least 4 members (excludes halogenated alkanes) is 1. The molecule has 1 rings (SSSR count). The van der Waals surface area contributed by atoms with Gasteiger partial charge in [-0.25, -0.2) is 0 Å². The lowest BCUT2D eigenvalue weighted by Gasteiger charge is -2.19. The summed E-state index contributed by atoms with van der Waals surface area (Å²) in [4.78, 5) is 0. The minimum absolute atomic E-state index is 0.0660. The zero-order valence-corrected chi connectivity index (χ0v) is 13.2. The van der Waals surface area contributed by atoms with Crippen molar-refractivity contribution < 1.29 is 28.4 Å². The predicted molar refractivity (Wildman–Crippen MR) is 78.7 cm³/mol. The molecule has 0 saturated carbocycles. The minimum atomic E-state index is -0.0660. The van der Waals surface area contributed by atoms with Gasteiger partial charge in [0.1, 0.15) is 6.10 Å². The zero-order valence-electron chi connectivity index (χ0n) is 13.2. The van der Waals surface area contributed by atoms with Gasteiger partial charge in [0.25, 0.3) is 0 Å². The predicted octanol–water partition coefficient (Wildman–Crippen LogP) is 1.27. The lowest BCUT2D eigenvalue weighted by Crippen LogP contribution is -2.29. The molecule has 0 aliphatic carbocycles. The highest BCUT2D eigenvalue weighted by atomic mass is 16.6. The molecule has 126 valence electrons. The summed E-state index contributed by atoms with van der Waals surface area (Å²) in [6.45, 7) is 8.67. The first-order valence-corrected chi connectivity index (χ1v) is 7.93. The van der Waals surface area contributed by atoms with Crippen LogP contribution in [0.4, 0.5) is 0 Å². The van der Waals surface area contributed by atoms with Crippen LogP contribution in [0.1, 0.15) is 19.8 Å². The van der Waals surface area contributed by atoms with E-state index < -0.39 is 0 Å². The Morgan fingerprint density at radius 2 is 1.48 bits per heavy atom. The molecule has 21 heavy (non-hydrogen) atoms. The summed E-state index contributed by atoms with van der Waals surface area (Å²) in [5, 5.41) is 0. The van der Waals surface area contributed by atoms with Crippen LogP contribution in [0.25, 0.3) is 0 Å². The molecule has 0 aromatic carbocycles. The van der Waals surface area contributed by atoms with Crippen molar-refractivity contribution in [3.63, 3.8) is 0 Å². The van der Waals surface area contributed by atoms with Crippen molar-refractivity contribution >= 4 is 0 Å². The lowest BCUT2D eigenvalue weighted by atomic mass is 10.4. The first-order valence-electron chi connectivity index (χ1n) is 7.93. The van der Waals surface area contributed by atoms with E-state index in [4.69, 9.17) is 28.4 Å². The van der Waals surface area contributed by atoms with Crippen molar-refractivity contribution in [3.8, 4) is 0 Å². The molecule has 0 aromatic rings. The largest absolute Gasteiger partial charge is 0.379 e. The fourth-order valence-corrected chi connectivity index (χ4v) is 1.75. The Morgan fingerprint density at radius 3 is 2.24 bits per heavy atom. The average Bonchev–Trinajstić information content (AvgIpc) is 2.48. The molecule has 1 aliphatic rings. The fraction of sp³-hybridized carbons (Fsp3) is 1.00. The molecular formula is C15H30O6. The highest BCUT2D eigenvalue weighted by molar-refractivity contribution is 4.56. The summed E-state index contributed by atoms with van der Waals surface area (Å²) < 4.78 is 33.0. The molecule has 0 bridgehead atoms. The summed E-state index contributed by atoms with van der Waals surface area (Å²) in [6.07, 6.45) is 2.19. The highest BCUT2D eigenvalue weighted by Gasteiger charge is 2.10. The number of ether oxygens (including phenoxy) is 6. The van der Waals surface area contributed by atoms with Crippen LogP contribution >= 0.6 is 0 Å². The number of hydrogen-bond acceptors (Lipinski definition) is 6. The van der Waals surface area contributed by atoms with Crippen molar-refractivity contribution in [1.82, 2.24) is 0 Å². The maximum atomic E-state index is 5.70. The molecule has 6 heteroatoms. The summed E-state index contributed by atoms with van der Waals surface area (Å²) in [5.41, 5.74) is 0. The van der Waals surface area contributed by atoms with Gasteiger partial charge in [0.15, 0.2) is 0 Å². The van der Waals surface area contributed by atoms with Crippen LogP contribution in [0.3, 0.4) is 0 Å². The number of hydrogen-bond donors (Lipinski definition) is 0. The van der Waals surface area contributed by atoms with E-state index in [1.807, 2.05) is 0 Å². The van der Waals surface area contributed by atoms with Crippen LogP contribution in [-0.2, 0) is 28.4 Å². The van der Waals surface area contributed by atoms with E-state index >= 15 is 0 Å². The lowest BCUT2D eigenvalue weighted by molar-refractivity contribution is -0.0936. The number of rotatable bonds is 8. The van der Waals surface area contributed by atoms with E-state index in [1.165, 1.54) is 0 Å². The second-order valence-corrected chi connectivity index (χ2v) is 4.83. The van der Waals surface area contributed by atoms with Crippen LogP contribution in [0, 0.1) is 0 Å². The zero-order chi connectivity index (χ0) is 15.0. The Bertz CT molecular complexity index is 202. The van der Waals surface area contributed by atoms with Crippen molar-refractivity contribution in [1.29, 1.82) is 0 Å². The van der Waals surface area contributed by atoms with Gasteiger partial charge >= 0.3 is 0 Å². The Labute approximate surface area is 128 Å². The molecule has 0 radical (unpaired) electrons. The summed E-state index contributed by atoms with van der Waals surface area (Å²) in [5.74, 6) is 0. The van der Waals surface area contributed by atoms with E-state index in [1.54, 1.807) is 0 Å². The topological polar surface area (TPSA) is 55.4 Å². The maximum absolute atomic E-state index is 5.70. The molecule has 0 aromatic heterocycles. The van der Waals surface area contributed by atoms with Crippen molar-refractivity contribution in [2.75, 3.05) is 72.7 Å². The molecule has 1 unspecified atom stereocenters. The van der Waals surface area contributed by atoms with Crippen molar-refractivity contribution in [2.24, 2.45) is 0 Å². The molecule has 1 aliphatic heterocycles. The van der Waals surface area contributed by atoms with Gasteiger partial charge < -0.3 is 28.4 Å². The second-order valence-electron chi connectivity index (χ2n) is 4.83. The smallest absolute Gasteiger partial charge is 0.104 e. The fourth-order valence-electron chi connectivity index (χ4n) is 1.75. The van der Waals surface area contributed by atoms with E-state index in [0.717, 1.165) is 19.4 Å². The van der Waals surface area contributed by atoms with E-state index in [-0.39, 0.29) is 6.10 Å². The Morgan fingerprint density at radius 1 is 0.810 bits per heavy atom. The van der Waals surface area contributed by atoms with Crippen LogP contribution in [0.2, 0.25) is 0 Å². The molecule has 1 fully saturated rings. The van der Waals surface area contributed by atoms with Gasteiger partial charge in [-0.15, -0.1) is 0 Å². The summed E-state index contributed by atoms with van der Waals surface area (Å²) >= 11 is 0. The van der Waals surface area contributed by atoms with Gasteiger partial charge in [-0.05, 0) is 6.42 Å². The SMILES string of the molecule is CCCCOCCOCC1COCCOCCOCCO1. The van der Waals surface area contributed by atoms with Gasteiger partial charge in [-0.3, -0.25) is 0 Å². The monoisotopic (exact) mass is 306 g/mol. The first kappa shape index (κ1) is 18.8. The van der Waals surface area contributed by atoms with Crippen LogP contribution < -0.4 is 0 Å². The van der Waals surface area contributed by atoms with Gasteiger partial charge in [0.05, 0.1) is 66.1 Å². The third-order valence-electron chi connectivity index (χ3n) is 2.95. The third-order valence-corrected chi connectivity index (χ3v) is 2.95. The van der Waals surface area contributed by atoms with Gasteiger partial charge in [-0.2, -0.15) is 0 Å². The average molecular weight is 306 g/mol. The molecule has 0 N–H and O–H groups in total. The van der Waals surface area contributed by atoms with E-state index in [0.29, 0.717) is 66.1 Å². The normalized spacial score (nSPS) is 22.4. The van der Waals surface area contributed by atoms with Crippen LogP contribution in [0.5, 0.6) is 0 Å². The molecule has 0 spiro atoms. The first-order chi connectivity index (χ1) is 10.4. The molecule has 0 amide bonds. The Kier molecular flexibility index (Phi) is 13.2. The molecule has 6 nitrogen and oxygen atoms in total. The second kappa shape index (κ2) is 14.7. The van der Waals surface area contributed by atoms with Gasteiger partial charge in [0.2, 0.25) is 0 Å². The molecule has 1 saturated heterocycles. The summed E-state index contributed by atoms with van der Waals surface area (Å²) in [7, 11) is 0. The molecule has 1 heterocycles. The summed E-state index contributed by atoms with van der Waals surface area (Å²) in [6, 6.07) is 0. The van der Waals surface area contributed by atoms with Gasteiger partial charge in [-0.1, -0.05) is 13.3 Å². The minimum Gasteiger partial charge on any atom is -0.379 e. The van der Waals surface area contributed by atoms with Crippen molar-refractivity contribution in [3.05, 3.63) is 0 Å². The Balaban J connectivity index is 2.05. The molecule has 1 atom stereocenters. The molecular weight excluding hydrogens is 276 g/mol. The standard InChI is InChI=1S/C15H30O6/c1-2-3-4-16-7-9-19-13-15-14-20-10-8-17-5-6-18-11-12-21-15/h15H,2-14H2,1H3. The van der Waals surface area contributed by atoms with E-state index in [2.05, 4.69) is 6.92 Å². The maximum Gasteiger partial charge on any atom is 0.104 e. The highest BCUT2D eigenvalue weighted by Crippen LogP contribution is 1.98. The Hall–Kier alpha value is -0.240. The quantitative estimate of drug-likeness (QED) is 0.630. The van der Waals surface area contributed by atoms with Crippen LogP contribution in [0.15, 0.2) is 0 Å². The third kappa shape index (κ3) is 12.0.